The number of allylic oxidation sites excluding steroid dienone is 2. The fraction of sp³-hybridized carbons (Fsp3) is 0.381. The molecule has 0 radical (unpaired) electrons. The maximum Gasteiger partial charge on any atom is 0.337 e. The third-order valence-corrected chi connectivity index (χ3v) is 6.29. The summed E-state index contributed by atoms with van der Waals surface area (Å²) in [4.78, 5) is 41.5. The number of rotatable bonds is 3. The number of methoxy groups -OCH3 is 1. The molecule has 6 nitrogen and oxygen atoms in total. The Balaban J connectivity index is 1.97. The number of Topliss-reactive ketones (excluding diaryl/α,β-unsaturated/α-hetero) is 1. The Labute approximate surface area is 168 Å². The van der Waals surface area contributed by atoms with E-state index in [0.29, 0.717) is 30.8 Å². The fourth-order valence-corrected chi connectivity index (χ4v) is 4.74. The lowest BCUT2D eigenvalue weighted by atomic mass is 9.74. The molecular formula is C21H22N2O4S. The minimum Gasteiger partial charge on any atom is -0.466 e. The van der Waals surface area contributed by atoms with Gasteiger partial charge in [-0.25, -0.2) is 4.79 Å². The van der Waals surface area contributed by atoms with E-state index in [1.54, 1.807) is 11.8 Å². The van der Waals surface area contributed by atoms with Crippen molar-refractivity contribution in [3.05, 3.63) is 52.4 Å². The summed E-state index contributed by atoms with van der Waals surface area (Å²) in [5.41, 5.74) is 2.93. The van der Waals surface area contributed by atoms with Crippen LogP contribution in [0.15, 0.2) is 51.7 Å². The Morgan fingerprint density at radius 3 is 2.64 bits per heavy atom. The number of hydrogen-bond donors (Lipinski definition) is 1. The molecule has 1 atom stereocenters. The molecule has 1 fully saturated rings. The van der Waals surface area contributed by atoms with Gasteiger partial charge in [-0.15, -0.1) is 11.8 Å². The van der Waals surface area contributed by atoms with Gasteiger partial charge in [-0.3, -0.25) is 9.59 Å². The van der Waals surface area contributed by atoms with Crippen LogP contribution in [0.25, 0.3) is 0 Å². The van der Waals surface area contributed by atoms with E-state index in [0.717, 1.165) is 29.0 Å². The number of ether oxygens (including phenoxy) is 1. The predicted molar refractivity (Wildman–Crippen MR) is 106 cm³/mol. The van der Waals surface area contributed by atoms with Crippen molar-refractivity contribution in [2.24, 2.45) is 0 Å². The highest BCUT2D eigenvalue weighted by Gasteiger charge is 2.45. The maximum absolute atomic E-state index is 13.0. The summed E-state index contributed by atoms with van der Waals surface area (Å²) in [7, 11) is 1.31. The van der Waals surface area contributed by atoms with Gasteiger partial charge in [-0.2, -0.15) is 0 Å². The first-order valence-corrected chi connectivity index (χ1v) is 10.6. The molecule has 0 bridgehead atoms. The second kappa shape index (κ2) is 7.47. The van der Waals surface area contributed by atoms with Crippen LogP contribution in [0.2, 0.25) is 0 Å². The molecule has 4 rings (SSSR count). The van der Waals surface area contributed by atoms with E-state index >= 15 is 0 Å². The minimum absolute atomic E-state index is 0.0478. The van der Waals surface area contributed by atoms with Crippen LogP contribution >= 0.6 is 11.8 Å². The molecule has 1 aromatic rings. The van der Waals surface area contributed by atoms with Crippen LogP contribution in [0.5, 0.6) is 0 Å². The first-order valence-electron chi connectivity index (χ1n) is 9.35. The number of hydrogen-bond acceptors (Lipinski definition) is 6. The van der Waals surface area contributed by atoms with Gasteiger partial charge in [0.05, 0.1) is 12.7 Å². The van der Waals surface area contributed by atoms with E-state index < -0.39 is 11.9 Å². The molecule has 0 spiro atoms. The number of nitrogens with zero attached hydrogens (tertiary/aromatic N) is 1. The van der Waals surface area contributed by atoms with Gasteiger partial charge < -0.3 is 15.0 Å². The normalized spacial score (nSPS) is 21.9. The van der Waals surface area contributed by atoms with E-state index in [1.165, 1.54) is 7.11 Å². The first-order chi connectivity index (χ1) is 13.6. The van der Waals surface area contributed by atoms with Gasteiger partial charge in [0, 0.05) is 41.6 Å². The number of carbonyl (C=O) groups excluding carboxylic acids is 3. The van der Waals surface area contributed by atoms with Crippen LogP contribution < -0.4 is 5.32 Å². The predicted octanol–water partition coefficient (Wildman–Crippen LogP) is 2.37. The number of nitrogens with one attached hydrogen (secondary N) is 1. The summed E-state index contributed by atoms with van der Waals surface area (Å²) >= 11 is 1.62. The largest absolute Gasteiger partial charge is 0.466 e. The van der Waals surface area contributed by atoms with Crippen LogP contribution in [-0.2, 0) is 19.1 Å². The molecule has 146 valence electrons. The molecule has 0 saturated carbocycles. The summed E-state index contributed by atoms with van der Waals surface area (Å²) in [5, 5.41) is 2.83. The van der Waals surface area contributed by atoms with Crippen molar-refractivity contribution in [1.29, 1.82) is 0 Å². The van der Waals surface area contributed by atoms with Gasteiger partial charge in [-0.05, 0) is 36.8 Å². The van der Waals surface area contributed by atoms with Crippen molar-refractivity contribution < 1.29 is 19.1 Å². The maximum atomic E-state index is 13.0. The van der Waals surface area contributed by atoms with E-state index in [4.69, 9.17) is 4.74 Å². The molecule has 1 unspecified atom stereocenters. The summed E-state index contributed by atoms with van der Waals surface area (Å²) in [5.74, 6) is -1.39. The quantitative estimate of drug-likeness (QED) is 0.622. The smallest absolute Gasteiger partial charge is 0.337 e. The summed E-state index contributed by atoms with van der Waals surface area (Å²) in [6, 6.07) is 7.81. The molecule has 3 aliphatic rings. The Bertz CT molecular complexity index is 917. The Morgan fingerprint density at radius 2 is 1.96 bits per heavy atom. The van der Waals surface area contributed by atoms with Gasteiger partial charge in [0.15, 0.2) is 5.78 Å². The number of thioether (sulfide) groups is 1. The molecular weight excluding hydrogens is 376 g/mol. The molecule has 0 aromatic heterocycles. The molecule has 2 aliphatic heterocycles. The van der Waals surface area contributed by atoms with Crippen molar-refractivity contribution in [2.75, 3.05) is 26.5 Å². The number of ketones is 1. The highest BCUT2D eigenvalue weighted by atomic mass is 32.2. The number of carbonyl (C=O) groups is 3. The van der Waals surface area contributed by atoms with E-state index in [-0.39, 0.29) is 17.3 Å². The lowest BCUT2D eigenvalue weighted by Crippen LogP contribution is -2.50. The van der Waals surface area contributed by atoms with Crippen LogP contribution in [0, 0.1) is 0 Å². The number of benzene rings is 1. The van der Waals surface area contributed by atoms with Crippen molar-refractivity contribution in [3.63, 3.8) is 0 Å². The second-order valence-corrected chi connectivity index (χ2v) is 7.88. The zero-order valence-corrected chi connectivity index (χ0v) is 16.7. The van der Waals surface area contributed by atoms with Crippen LogP contribution in [-0.4, -0.2) is 49.0 Å². The molecule has 1 saturated heterocycles. The number of amides is 1. The SMILES string of the molecule is COC(=O)C1=C2C(=O)NCCN2C2=C(C(=O)CCC2)C1c1ccc(SC)cc1. The average Bonchev–Trinajstić information content (AvgIpc) is 2.73. The van der Waals surface area contributed by atoms with Gasteiger partial charge in [0.25, 0.3) is 5.91 Å². The van der Waals surface area contributed by atoms with Crippen LogP contribution in [0.1, 0.15) is 30.7 Å². The summed E-state index contributed by atoms with van der Waals surface area (Å²) in [6.07, 6.45) is 3.94. The van der Waals surface area contributed by atoms with Gasteiger partial charge in [0.1, 0.15) is 5.70 Å². The number of piperazine rings is 1. The topological polar surface area (TPSA) is 75.7 Å². The van der Waals surface area contributed by atoms with Crippen LogP contribution in [0.3, 0.4) is 0 Å². The molecule has 7 heteroatoms. The highest BCUT2D eigenvalue weighted by Crippen LogP contribution is 2.46. The number of fused-ring (bicyclic) bond motifs is 2. The standard InChI is InChI=1S/C21H22N2O4S/c1-27-21(26)18-16(12-6-8-13(28-2)9-7-12)17-14(4-3-5-15(17)24)23-11-10-22-20(25)19(18)23/h6-9,16H,3-5,10-11H2,1-2H3,(H,22,25). The summed E-state index contributed by atoms with van der Waals surface area (Å²) < 4.78 is 5.06. The first kappa shape index (κ1) is 18.8. The lowest BCUT2D eigenvalue weighted by Gasteiger charge is -2.43. The zero-order chi connectivity index (χ0) is 19.8. The van der Waals surface area contributed by atoms with Crippen molar-refractivity contribution in [1.82, 2.24) is 10.2 Å². The van der Waals surface area contributed by atoms with Gasteiger partial charge in [0.2, 0.25) is 0 Å². The molecule has 28 heavy (non-hydrogen) atoms. The van der Waals surface area contributed by atoms with Crippen LogP contribution in [0.4, 0.5) is 0 Å². The molecule has 1 aromatic carbocycles. The molecule has 1 N–H and O–H groups in total. The Hall–Kier alpha value is -2.54. The van der Waals surface area contributed by atoms with E-state index in [9.17, 15) is 14.4 Å². The zero-order valence-electron chi connectivity index (χ0n) is 15.9. The van der Waals surface area contributed by atoms with E-state index in [2.05, 4.69) is 5.32 Å². The third-order valence-electron chi connectivity index (χ3n) is 5.55. The molecule has 2 heterocycles. The average molecular weight is 398 g/mol. The lowest BCUT2D eigenvalue weighted by molar-refractivity contribution is -0.137. The van der Waals surface area contributed by atoms with Gasteiger partial charge >= 0.3 is 5.97 Å². The second-order valence-electron chi connectivity index (χ2n) is 7.00. The number of esters is 1. The summed E-state index contributed by atoms with van der Waals surface area (Å²) in [6.45, 7) is 1.03. The highest BCUT2D eigenvalue weighted by molar-refractivity contribution is 7.98. The molecule has 1 aliphatic carbocycles. The molecule has 1 amide bonds. The van der Waals surface area contributed by atoms with Crippen molar-refractivity contribution >= 4 is 29.4 Å². The third kappa shape index (κ3) is 2.94. The minimum atomic E-state index is -0.582. The Kier molecular flexibility index (Phi) is 5.02. The van der Waals surface area contributed by atoms with Crippen molar-refractivity contribution in [2.45, 2.75) is 30.1 Å². The van der Waals surface area contributed by atoms with Gasteiger partial charge in [-0.1, -0.05) is 12.1 Å². The van der Waals surface area contributed by atoms with Crippen molar-refractivity contribution in [3.8, 4) is 0 Å². The Morgan fingerprint density at radius 1 is 1.21 bits per heavy atom. The fourth-order valence-electron chi connectivity index (χ4n) is 4.33. The monoisotopic (exact) mass is 398 g/mol. The van der Waals surface area contributed by atoms with E-state index in [1.807, 2.05) is 35.4 Å².